The molecule has 0 unspecified atom stereocenters. The van der Waals surface area contributed by atoms with Crippen LogP contribution in [-0.2, 0) is 6.54 Å². The molecule has 1 heterocycles. The quantitative estimate of drug-likeness (QED) is 0.864. The Morgan fingerprint density at radius 1 is 1.45 bits per heavy atom. The number of halogens is 1. The number of aromatic nitrogens is 1. The van der Waals surface area contributed by atoms with Crippen LogP contribution in [0.25, 0.3) is 0 Å². The van der Waals surface area contributed by atoms with E-state index in [0.717, 1.165) is 23.5 Å². The van der Waals surface area contributed by atoms with Crippen molar-refractivity contribution in [1.82, 2.24) is 9.88 Å². The normalized spacial score (nSPS) is 14.3. The summed E-state index contributed by atoms with van der Waals surface area (Å²) in [5.74, 6) is -0.700. The Hall–Kier alpha value is -1.75. The highest BCUT2D eigenvalue weighted by Crippen LogP contribution is 2.30. The van der Waals surface area contributed by atoms with Gasteiger partial charge in [0, 0.05) is 11.4 Å². The van der Waals surface area contributed by atoms with E-state index in [9.17, 15) is 9.18 Å². The van der Waals surface area contributed by atoms with E-state index in [0.29, 0.717) is 6.54 Å². The molecule has 1 amide bonds. The number of carbonyl (C=O) groups excluding carboxylic acids is 1. The topological polar surface area (TPSA) is 33.2 Å². The van der Waals surface area contributed by atoms with Crippen LogP contribution in [0.15, 0.2) is 29.6 Å². The zero-order valence-electron chi connectivity index (χ0n) is 11.2. The maximum atomic E-state index is 13.8. The second-order valence-corrected chi connectivity index (χ2v) is 6.06. The van der Waals surface area contributed by atoms with Crippen LogP contribution in [0, 0.1) is 12.7 Å². The summed E-state index contributed by atoms with van der Waals surface area (Å²) in [7, 11) is 0. The molecule has 1 aliphatic rings. The first-order valence-corrected chi connectivity index (χ1v) is 7.49. The molecule has 1 fully saturated rings. The largest absolute Gasteiger partial charge is 0.330 e. The van der Waals surface area contributed by atoms with Gasteiger partial charge >= 0.3 is 0 Å². The molecule has 0 saturated heterocycles. The lowest BCUT2D eigenvalue weighted by Crippen LogP contribution is -2.33. The number of rotatable bonds is 4. The smallest absolute Gasteiger partial charge is 0.257 e. The van der Waals surface area contributed by atoms with Crippen molar-refractivity contribution in [2.24, 2.45) is 0 Å². The maximum Gasteiger partial charge on any atom is 0.257 e. The van der Waals surface area contributed by atoms with Crippen LogP contribution in [0.1, 0.15) is 33.9 Å². The van der Waals surface area contributed by atoms with E-state index in [1.807, 2.05) is 12.3 Å². The third-order valence-electron chi connectivity index (χ3n) is 3.35. The van der Waals surface area contributed by atoms with E-state index in [4.69, 9.17) is 0 Å². The van der Waals surface area contributed by atoms with Gasteiger partial charge in [-0.25, -0.2) is 9.37 Å². The van der Waals surface area contributed by atoms with Crippen molar-refractivity contribution in [2.45, 2.75) is 32.4 Å². The molecule has 0 radical (unpaired) electrons. The number of nitrogens with zero attached hydrogens (tertiary/aromatic N) is 2. The first-order chi connectivity index (χ1) is 9.65. The molecule has 0 atom stereocenters. The van der Waals surface area contributed by atoms with E-state index in [2.05, 4.69) is 4.98 Å². The highest BCUT2D eigenvalue weighted by Gasteiger charge is 2.34. The molecule has 0 N–H and O–H groups in total. The van der Waals surface area contributed by atoms with Crippen LogP contribution in [0.5, 0.6) is 0 Å². The lowest BCUT2D eigenvalue weighted by atomic mass is 10.2. The monoisotopic (exact) mass is 290 g/mol. The second-order valence-electron chi connectivity index (χ2n) is 5.00. The Labute approximate surface area is 121 Å². The molecule has 104 valence electrons. The van der Waals surface area contributed by atoms with Crippen LogP contribution in [0.2, 0.25) is 0 Å². The number of aryl methyl sites for hydroxylation is 1. The van der Waals surface area contributed by atoms with Gasteiger partial charge in [-0.3, -0.25) is 4.79 Å². The molecule has 20 heavy (non-hydrogen) atoms. The Morgan fingerprint density at radius 2 is 2.20 bits per heavy atom. The van der Waals surface area contributed by atoms with Gasteiger partial charge in [0.25, 0.3) is 5.91 Å². The van der Waals surface area contributed by atoms with E-state index in [-0.39, 0.29) is 17.5 Å². The third kappa shape index (κ3) is 2.72. The zero-order chi connectivity index (χ0) is 14.1. The summed E-state index contributed by atoms with van der Waals surface area (Å²) in [6, 6.07) is 6.38. The molecule has 1 aliphatic carbocycles. The van der Waals surface area contributed by atoms with Gasteiger partial charge in [0.05, 0.1) is 22.8 Å². The summed E-state index contributed by atoms with van der Waals surface area (Å²) in [6.45, 7) is 2.40. The van der Waals surface area contributed by atoms with E-state index < -0.39 is 5.82 Å². The van der Waals surface area contributed by atoms with Crippen molar-refractivity contribution >= 4 is 17.2 Å². The summed E-state index contributed by atoms with van der Waals surface area (Å²) in [6.07, 6.45) is 1.98. The minimum absolute atomic E-state index is 0.145. The number of hydrogen-bond acceptors (Lipinski definition) is 3. The molecule has 1 saturated carbocycles. The predicted octanol–water partition coefficient (Wildman–Crippen LogP) is 3.40. The minimum atomic E-state index is -0.461. The van der Waals surface area contributed by atoms with Crippen molar-refractivity contribution in [3.8, 4) is 0 Å². The van der Waals surface area contributed by atoms with Crippen LogP contribution >= 0.6 is 11.3 Å². The molecule has 0 aliphatic heterocycles. The fourth-order valence-electron chi connectivity index (χ4n) is 2.20. The lowest BCUT2D eigenvalue weighted by Gasteiger charge is -2.21. The van der Waals surface area contributed by atoms with Crippen molar-refractivity contribution in [3.63, 3.8) is 0 Å². The van der Waals surface area contributed by atoms with Crippen molar-refractivity contribution in [3.05, 3.63) is 51.7 Å². The molecular formula is C15H15FN2OS. The summed E-state index contributed by atoms with van der Waals surface area (Å²) in [4.78, 5) is 18.7. The molecule has 1 aromatic carbocycles. The standard InChI is InChI=1S/C15H15FN2OS/c1-10-17-11(9-20-10)8-18(12-6-7-12)15(19)13-4-2-3-5-14(13)16/h2-5,9,12H,6-8H2,1H3. The Morgan fingerprint density at radius 3 is 2.80 bits per heavy atom. The Balaban J connectivity index is 1.84. The SMILES string of the molecule is Cc1nc(CN(C(=O)c2ccccc2F)C2CC2)cs1. The van der Waals surface area contributed by atoms with Crippen molar-refractivity contribution < 1.29 is 9.18 Å². The van der Waals surface area contributed by atoms with Gasteiger partial charge in [-0.05, 0) is 31.9 Å². The zero-order valence-corrected chi connectivity index (χ0v) is 12.0. The van der Waals surface area contributed by atoms with Gasteiger partial charge in [0.15, 0.2) is 0 Å². The first kappa shape index (κ1) is 13.2. The third-order valence-corrected chi connectivity index (χ3v) is 4.17. The van der Waals surface area contributed by atoms with Crippen LogP contribution in [0.4, 0.5) is 4.39 Å². The average molecular weight is 290 g/mol. The average Bonchev–Trinajstić information content (AvgIpc) is 3.19. The molecular weight excluding hydrogens is 275 g/mol. The van der Waals surface area contributed by atoms with Gasteiger partial charge in [0.1, 0.15) is 5.82 Å². The predicted molar refractivity (Wildman–Crippen MR) is 76.1 cm³/mol. The summed E-state index contributed by atoms with van der Waals surface area (Å²) in [5.41, 5.74) is 1.02. The molecule has 5 heteroatoms. The van der Waals surface area contributed by atoms with Gasteiger partial charge in [-0.2, -0.15) is 0 Å². The fraction of sp³-hybridized carbons (Fsp3) is 0.333. The van der Waals surface area contributed by atoms with Gasteiger partial charge in [-0.1, -0.05) is 12.1 Å². The molecule has 0 bridgehead atoms. The Kier molecular flexibility index (Phi) is 3.53. The van der Waals surface area contributed by atoms with E-state index >= 15 is 0 Å². The Bertz CT molecular complexity index is 636. The molecule has 1 aromatic heterocycles. The van der Waals surface area contributed by atoms with Crippen LogP contribution in [-0.4, -0.2) is 21.8 Å². The molecule has 3 rings (SSSR count). The number of hydrogen-bond donors (Lipinski definition) is 0. The lowest BCUT2D eigenvalue weighted by molar-refractivity contribution is 0.0723. The number of amides is 1. The molecule has 2 aromatic rings. The summed E-state index contributed by atoms with van der Waals surface area (Å²) >= 11 is 1.57. The summed E-state index contributed by atoms with van der Waals surface area (Å²) < 4.78 is 13.8. The molecule has 3 nitrogen and oxygen atoms in total. The maximum absolute atomic E-state index is 13.8. The number of benzene rings is 1. The molecule has 0 spiro atoms. The highest BCUT2D eigenvalue weighted by molar-refractivity contribution is 7.09. The van der Waals surface area contributed by atoms with Crippen LogP contribution < -0.4 is 0 Å². The van der Waals surface area contributed by atoms with Crippen molar-refractivity contribution in [2.75, 3.05) is 0 Å². The van der Waals surface area contributed by atoms with E-state index in [1.54, 1.807) is 34.4 Å². The first-order valence-electron chi connectivity index (χ1n) is 6.61. The van der Waals surface area contributed by atoms with Gasteiger partial charge < -0.3 is 4.90 Å². The van der Waals surface area contributed by atoms with Gasteiger partial charge in [-0.15, -0.1) is 11.3 Å². The van der Waals surface area contributed by atoms with Crippen LogP contribution in [0.3, 0.4) is 0 Å². The fourth-order valence-corrected chi connectivity index (χ4v) is 2.80. The number of thiazole rings is 1. The summed E-state index contributed by atoms with van der Waals surface area (Å²) in [5, 5.41) is 2.94. The number of carbonyl (C=O) groups is 1. The highest BCUT2D eigenvalue weighted by atomic mass is 32.1. The van der Waals surface area contributed by atoms with Gasteiger partial charge in [0.2, 0.25) is 0 Å². The van der Waals surface area contributed by atoms with Crippen molar-refractivity contribution in [1.29, 1.82) is 0 Å². The minimum Gasteiger partial charge on any atom is -0.330 e. The van der Waals surface area contributed by atoms with E-state index in [1.165, 1.54) is 6.07 Å². The second kappa shape index (κ2) is 5.32.